The van der Waals surface area contributed by atoms with Crippen LogP contribution in [0.25, 0.3) is 0 Å². The van der Waals surface area contributed by atoms with Crippen LogP contribution < -0.4 is 4.74 Å². The predicted octanol–water partition coefficient (Wildman–Crippen LogP) is 2.48. The lowest BCUT2D eigenvalue weighted by Gasteiger charge is -2.31. The maximum absolute atomic E-state index is 12.4. The molecule has 1 unspecified atom stereocenters. The maximum atomic E-state index is 12.4. The molecule has 0 radical (unpaired) electrons. The molecule has 1 amide bonds. The summed E-state index contributed by atoms with van der Waals surface area (Å²) < 4.78 is 16.5. The molecule has 1 aliphatic heterocycles. The first-order valence-electron chi connectivity index (χ1n) is 8.45. The first-order valence-corrected chi connectivity index (χ1v) is 8.45. The number of aryl methyl sites for hydroxylation is 1. The number of aromatic nitrogens is 2. The Morgan fingerprint density at radius 3 is 2.80 bits per heavy atom. The number of ether oxygens (including phenoxy) is 2. The lowest BCUT2D eigenvalue weighted by molar-refractivity contribution is -0.141. The fourth-order valence-electron chi connectivity index (χ4n) is 2.52. The second-order valence-corrected chi connectivity index (χ2v) is 6.45. The summed E-state index contributed by atoms with van der Waals surface area (Å²) in [7, 11) is 0. The minimum Gasteiger partial charge on any atom is -0.484 e. The highest BCUT2D eigenvalue weighted by atomic mass is 16.5. The van der Waals surface area contributed by atoms with Gasteiger partial charge in [-0.1, -0.05) is 36.7 Å². The van der Waals surface area contributed by atoms with Gasteiger partial charge in [0.1, 0.15) is 11.9 Å². The van der Waals surface area contributed by atoms with Crippen molar-refractivity contribution in [2.45, 2.75) is 32.8 Å². The van der Waals surface area contributed by atoms with Gasteiger partial charge in [0.05, 0.1) is 13.2 Å². The summed E-state index contributed by atoms with van der Waals surface area (Å²) in [6.07, 6.45) is -0.367. The topological polar surface area (TPSA) is 77.7 Å². The van der Waals surface area contributed by atoms with E-state index in [1.54, 1.807) is 4.90 Å². The molecule has 0 saturated carbocycles. The van der Waals surface area contributed by atoms with Crippen LogP contribution in [0.3, 0.4) is 0 Å². The van der Waals surface area contributed by atoms with Crippen molar-refractivity contribution in [1.82, 2.24) is 15.0 Å². The van der Waals surface area contributed by atoms with E-state index in [0.717, 1.165) is 5.56 Å². The Hall–Kier alpha value is -2.41. The van der Waals surface area contributed by atoms with Crippen LogP contribution in [0.2, 0.25) is 0 Å². The Bertz CT molecular complexity index is 711. The molecular weight excluding hydrogens is 322 g/mol. The number of carbonyl (C=O) groups excluding carboxylic acids is 1. The van der Waals surface area contributed by atoms with E-state index in [-0.39, 0.29) is 24.5 Å². The smallest absolute Gasteiger partial charge is 0.260 e. The van der Waals surface area contributed by atoms with Gasteiger partial charge in [-0.15, -0.1) is 0 Å². The van der Waals surface area contributed by atoms with E-state index >= 15 is 0 Å². The van der Waals surface area contributed by atoms with Crippen molar-refractivity contribution in [1.29, 1.82) is 0 Å². The highest BCUT2D eigenvalue weighted by molar-refractivity contribution is 5.77. The maximum Gasteiger partial charge on any atom is 0.260 e. The normalized spacial score (nSPS) is 17.8. The van der Waals surface area contributed by atoms with Crippen LogP contribution in [0.4, 0.5) is 0 Å². The largest absolute Gasteiger partial charge is 0.484 e. The van der Waals surface area contributed by atoms with E-state index in [1.165, 1.54) is 0 Å². The van der Waals surface area contributed by atoms with Gasteiger partial charge in [-0.3, -0.25) is 4.79 Å². The Labute approximate surface area is 146 Å². The summed E-state index contributed by atoms with van der Waals surface area (Å²) in [5, 5.41) is 3.98. The Kier molecular flexibility index (Phi) is 5.33. The van der Waals surface area contributed by atoms with Gasteiger partial charge in [-0.2, -0.15) is 4.98 Å². The van der Waals surface area contributed by atoms with Crippen LogP contribution in [0.5, 0.6) is 5.75 Å². The lowest BCUT2D eigenvalue weighted by atomic mass is 10.2. The second-order valence-electron chi connectivity index (χ2n) is 6.45. The molecular formula is C18H23N3O4. The molecule has 1 aliphatic rings. The van der Waals surface area contributed by atoms with Crippen LogP contribution in [-0.2, 0) is 9.53 Å². The molecule has 25 heavy (non-hydrogen) atoms. The molecule has 1 saturated heterocycles. The predicted molar refractivity (Wildman–Crippen MR) is 90.3 cm³/mol. The summed E-state index contributed by atoms with van der Waals surface area (Å²) >= 11 is 0. The number of carbonyl (C=O) groups is 1. The minimum absolute atomic E-state index is 0.000725. The molecule has 0 bridgehead atoms. The van der Waals surface area contributed by atoms with E-state index in [1.807, 2.05) is 45.0 Å². The fraction of sp³-hybridized carbons (Fsp3) is 0.500. The average molecular weight is 345 g/mol. The molecule has 1 aromatic carbocycles. The highest BCUT2D eigenvalue weighted by Crippen LogP contribution is 2.22. The van der Waals surface area contributed by atoms with Gasteiger partial charge in [0.25, 0.3) is 5.91 Å². The number of morpholine rings is 1. The minimum atomic E-state index is -0.367. The standard InChI is InChI=1S/C18H23N3O4/c1-12(2)18-19-17(20-25-18)15-10-21(8-9-23-15)16(22)11-24-14-6-4-13(3)5-7-14/h4-7,12,15H,8-11H2,1-3H3. The Morgan fingerprint density at radius 1 is 1.36 bits per heavy atom. The molecule has 0 aliphatic carbocycles. The van der Waals surface area contributed by atoms with Crippen LogP contribution in [0.1, 0.15) is 43.1 Å². The molecule has 7 heteroatoms. The third kappa shape index (κ3) is 4.36. The third-order valence-corrected chi connectivity index (χ3v) is 4.04. The summed E-state index contributed by atoms with van der Waals surface area (Å²) in [6.45, 7) is 7.33. The number of nitrogens with zero attached hydrogens (tertiary/aromatic N) is 3. The van der Waals surface area contributed by atoms with E-state index in [9.17, 15) is 4.79 Å². The quantitative estimate of drug-likeness (QED) is 0.828. The fourth-order valence-corrected chi connectivity index (χ4v) is 2.52. The number of benzene rings is 1. The SMILES string of the molecule is Cc1ccc(OCC(=O)N2CCOC(c3noc(C(C)C)n3)C2)cc1. The molecule has 2 aromatic rings. The summed E-state index contributed by atoms with van der Waals surface area (Å²) in [5.41, 5.74) is 1.15. The van der Waals surface area contributed by atoms with Gasteiger partial charge in [0.2, 0.25) is 11.7 Å². The average Bonchev–Trinajstić information content (AvgIpc) is 3.11. The molecule has 0 spiro atoms. The van der Waals surface area contributed by atoms with Crippen molar-refractivity contribution in [3.8, 4) is 5.75 Å². The van der Waals surface area contributed by atoms with Crippen LogP contribution in [0.15, 0.2) is 28.8 Å². The highest BCUT2D eigenvalue weighted by Gasteiger charge is 2.29. The zero-order valence-electron chi connectivity index (χ0n) is 14.8. The van der Waals surface area contributed by atoms with Crippen molar-refractivity contribution < 1.29 is 18.8 Å². The molecule has 2 heterocycles. The third-order valence-electron chi connectivity index (χ3n) is 4.04. The van der Waals surface area contributed by atoms with Gasteiger partial charge in [0, 0.05) is 12.5 Å². The summed E-state index contributed by atoms with van der Waals surface area (Å²) in [5.74, 6) is 1.82. The first kappa shape index (κ1) is 17.4. The van der Waals surface area contributed by atoms with E-state index < -0.39 is 0 Å². The molecule has 0 N–H and O–H groups in total. The zero-order valence-corrected chi connectivity index (χ0v) is 14.8. The van der Waals surface area contributed by atoms with Crippen molar-refractivity contribution in [2.24, 2.45) is 0 Å². The molecule has 1 aromatic heterocycles. The van der Waals surface area contributed by atoms with Crippen molar-refractivity contribution in [2.75, 3.05) is 26.3 Å². The Morgan fingerprint density at radius 2 is 2.12 bits per heavy atom. The van der Waals surface area contributed by atoms with Gasteiger partial charge < -0.3 is 18.9 Å². The monoisotopic (exact) mass is 345 g/mol. The van der Waals surface area contributed by atoms with E-state index in [4.69, 9.17) is 14.0 Å². The van der Waals surface area contributed by atoms with Gasteiger partial charge >= 0.3 is 0 Å². The number of hydrogen-bond donors (Lipinski definition) is 0. The summed E-state index contributed by atoms with van der Waals surface area (Å²) in [6, 6.07) is 7.62. The van der Waals surface area contributed by atoms with Gasteiger partial charge in [0.15, 0.2) is 6.61 Å². The van der Waals surface area contributed by atoms with Crippen LogP contribution >= 0.6 is 0 Å². The van der Waals surface area contributed by atoms with Gasteiger partial charge in [-0.25, -0.2) is 0 Å². The van der Waals surface area contributed by atoms with Crippen LogP contribution in [0, 0.1) is 6.92 Å². The zero-order chi connectivity index (χ0) is 17.8. The van der Waals surface area contributed by atoms with Crippen LogP contribution in [-0.4, -0.2) is 47.3 Å². The Balaban J connectivity index is 1.56. The van der Waals surface area contributed by atoms with Crippen molar-refractivity contribution in [3.05, 3.63) is 41.5 Å². The summed E-state index contributed by atoms with van der Waals surface area (Å²) in [4.78, 5) is 18.5. The van der Waals surface area contributed by atoms with Crippen molar-refractivity contribution in [3.63, 3.8) is 0 Å². The van der Waals surface area contributed by atoms with E-state index in [2.05, 4.69) is 10.1 Å². The lowest BCUT2D eigenvalue weighted by Crippen LogP contribution is -2.44. The van der Waals surface area contributed by atoms with E-state index in [0.29, 0.717) is 37.2 Å². The molecule has 1 fully saturated rings. The molecule has 3 rings (SSSR count). The first-order chi connectivity index (χ1) is 12.0. The number of amides is 1. The number of rotatable bonds is 5. The van der Waals surface area contributed by atoms with Crippen molar-refractivity contribution >= 4 is 5.91 Å². The molecule has 1 atom stereocenters. The molecule has 7 nitrogen and oxygen atoms in total. The van der Waals surface area contributed by atoms with Gasteiger partial charge in [-0.05, 0) is 19.1 Å². The number of hydrogen-bond acceptors (Lipinski definition) is 6. The second kappa shape index (κ2) is 7.65. The molecule has 134 valence electrons.